The molecule has 0 amide bonds. The first-order valence-electron chi connectivity index (χ1n) is 10.0. The van der Waals surface area contributed by atoms with Gasteiger partial charge in [0.2, 0.25) is 0 Å². The molecule has 0 fully saturated rings. The molecular formula is C26H20ClF3O. The van der Waals surface area contributed by atoms with Crippen molar-refractivity contribution in [2.45, 2.75) is 19.8 Å². The molecule has 0 atom stereocenters. The van der Waals surface area contributed by atoms with E-state index < -0.39 is 11.6 Å². The Morgan fingerprint density at radius 2 is 1.52 bits per heavy atom. The molecule has 0 spiro atoms. The van der Waals surface area contributed by atoms with Gasteiger partial charge in [0.1, 0.15) is 23.2 Å². The van der Waals surface area contributed by atoms with Crippen LogP contribution in [0.3, 0.4) is 0 Å². The molecule has 0 aliphatic carbocycles. The quantitative estimate of drug-likeness (QED) is 0.297. The number of halogens is 4. The van der Waals surface area contributed by atoms with E-state index in [1.165, 1.54) is 6.07 Å². The summed E-state index contributed by atoms with van der Waals surface area (Å²) < 4.78 is 49.4. The number of hydrogen-bond acceptors (Lipinski definition) is 1. The third-order valence-corrected chi connectivity index (χ3v) is 5.50. The van der Waals surface area contributed by atoms with Gasteiger partial charge in [-0.05, 0) is 60.0 Å². The second kappa shape index (κ2) is 9.03. The van der Waals surface area contributed by atoms with Crippen LogP contribution in [0.2, 0.25) is 5.02 Å². The molecule has 4 aromatic carbocycles. The van der Waals surface area contributed by atoms with E-state index in [0.717, 1.165) is 17.7 Å². The van der Waals surface area contributed by atoms with Crippen LogP contribution >= 0.6 is 11.6 Å². The number of ether oxygens (including phenoxy) is 1. The van der Waals surface area contributed by atoms with E-state index in [1.54, 1.807) is 31.2 Å². The zero-order chi connectivity index (χ0) is 22.0. The third kappa shape index (κ3) is 4.54. The lowest BCUT2D eigenvalue weighted by Gasteiger charge is -2.11. The van der Waals surface area contributed by atoms with Gasteiger partial charge in [-0.1, -0.05) is 48.0 Å². The van der Waals surface area contributed by atoms with Crippen molar-refractivity contribution in [3.05, 3.63) is 100 Å². The van der Waals surface area contributed by atoms with Crippen LogP contribution in [0.1, 0.15) is 18.1 Å². The lowest BCUT2D eigenvalue weighted by Crippen LogP contribution is -1.98. The highest BCUT2D eigenvalue weighted by atomic mass is 35.5. The molecule has 5 heteroatoms. The normalized spacial score (nSPS) is 11.1. The van der Waals surface area contributed by atoms with Gasteiger partial charge in [-0.3, -0.25) is 0 Å². The first-order chi connectivity index (χ1) is 15.0. The highest BCUT2D eigenvalue weighted by Crippen LogP contribution is 2.33. The van der Waals surface area contributed by atoms with Gasteiger partial charge in [-0.15, -0.1) is 0 Å². The van der Waals surface area contributed by atoms with Crippen molar-refractivity contribution in [2.75, 3.05) is 6.61 Å². The summed E-state index contributed by atoms with van der Waals surface area (Å²) >= 11 is 5.90. The summed E-state index contributed by atoms with van der Waals surface area (Å²) in [5.41, 5.74) is 1.85. The van der Waals surface area contributed by atoms with Gasteiger partial charge in [-0.2, -0.15) is 0 Å². The number of fused-ring (bicyclic) bond motifs is 1. The standard InChI is InChI=1S/C26H20ClF3O/c1-2-31-21-14-23(28)25(24(29)15-21)19-9-12-22-18(13-19)8-7-17(26(22)30)6-3-16-4-10-20(27)11-5-16/h4-5,7-15H,2-3,6H2,1H3. The third-order valence-electron chi connectivity index (χ3n) is 5.25. The largest absolute Gasteiger partial charge is 0.494 e. The van der Waals surface area contributed by atoms with E-state index in [-0.39, 0.29) is 17.1 Å². The summed E-state index contributed by atoms with van der Waals surface area (Å²) in [6.45, 7) is 2.05. The highest BCUT2D eigenvalue weighted by molar-refractivity contribution is 6.30. The predicted octanol–water partition coefficient (Wildman–Crippen LogP) is 7.76. The van der Waals surface area contributed by atoms with Crippen LogP contribution in [-0.4, -0.2) is 6.61 Å². The molecule has 0 radical (unpaired) electrons. The fourth-order valence-electron chi connectivity index (χ4n) is 3.69. The average Bonchev–Trinajstić information content (AvgIpc) is 2.74. The van der Waals surface area contributed by atoms with E-state index in [9.17, 15) is 8.78 Å². The predicted molar refractivity (Wildman–Crippen MR) is 119 cm³/mol. The first-order valence-corrected chi connectivity index (χ1v) is 10.4. The van der Waals surface area contributed by atoms with Crippen LogP contribution in [0.25, 0.3) is 21.9 Å². The molecule has 0 saturated carbocycles. The maximum absolute atomic E-state index is 15.1. The fourth-order valence-corrected chi connectivity index (χ4v) is 3.82. The Bertz CT molecular complexity index is 1210. The molecule has 0 aromatic heterocycles. The molecule has 4 rings (SSSR count). The Balaban J connectivity index is 1.63. The SMILES string of the molecule is CCOc1cc(F)c(-c2ccc3c(F)c(CCc4ccc(Cl)cc4)ccc3c2)c(F)c1. The second-order valence-electron chi connectivity index (χ2n) is 7.30. The first kappa shape index (κ1) is 21.3. The Hall–Kier alpha value is -2.98. The van der Waals surface area contributed by atoms with Crippen LogP contribution in [0.5, 0.6) is 5.75 Å². The van der Waals surface area contributed by atoms with Crippen molar-refractivity contribution < 1.29 is 17.9 Å². The Kier molecular flexibility index (Phi) is 6.19. The maximum Gasteiger partial charge on any atom is 0.137 e. The summed E-state index contributed by atoms with van der Waals surface area (Å²) in [5, 5.41) is 1.67. The Labute approximate surface area is 184 Å². The minimum atomic E-state index is -0.720. The van der Waals surface area contributed by atoms with Crippen LogP contribution in [0, 0.1) is 17.5 Å². The van der Waals surface area contributed by atoms with E-state index >= 15 is 4.39 Å². The van der Waals surface area contributed by atoms with Crippen LogP contribution in [-0.2, 0) is 12.8 Å². The average molecular weight is 441 g/mol. The Morgan fingerprint density at radius 3 is 2.19 bits per heavy atom. The number of rotatable bonds is 6. The van der Waals surface area contributed by atoms with E-state index in [2.05, 4.69) is 0 Å². The smallest absolute Gasteiger partial charge is 0.137 e. The molecule has 0 N–H and O–H groups in total. The fraction of sp³-hybridized carbons (Fsp3) is 0.154. The zero-order valence-electron chi connectivity index (χ0n) is 16.9. The summed E-state index contributed by atoms with van der Waals surface area (Å²) in [5.74, 6) is -1.62. The topological polar surface area (TPSA) is 9.23 Å². The van der Waals surface area contributed by atoms with Gasteiger partial charge in [0.05, 0.1) is 12.2 Å². The summed E-state index contributed by atoms with van der Waals surface area (Å²) in [7, 11) is 0. The zero-order valence-corrected chi connectivity index (χ0v) is 17.6. The van der Waals surface area contributed by atoms with Crippen molar-refractivity contribution in [1.82, 2.24) is 0 Å². The molecule has 0 unspecified atom stereocenters. The molecule has 1 nitrogen and oxygen atoms in total. The van der Waals surface area contributed by atoms with Crippen molar-refractivity contribution in [2.24, 2.45) is 0 Å². The maximum atomic E-state index is 15.1. The molecule has 158 valence electrons. The van der Waals surface area contributed by atoms with Crippen molar-refractivity contribution in [3.8, 4) is 16.9 Å². The van der Waals surface area contributed by atoms with Gasteiger partial charge in [0.25, 0.3) is 0 Å². The Morgan fingerprint density at radius 1 is 0.806 bits per heavy atom. The highest BCUT2D eigenvalue weighted by Gasteiger charge is 2.16. The van der Waals surface area contributed by atoms with Gasteiger partial charge in [0.15, 0.2) is 0 Å². The van der Waals surface area contributed by atoms with Crippen LogP contribution in [0.15, 0.2) is 66.7 Å². The molecular weight excluding hydrogens is 421 g/mol. The van der Waals surface area contributed by atoms with Gasteiger partial charge < -0.3 is 4.74 Å². The number of hydrogen-bond donors (Lipinski definition) is 0. The number of benzene rings is 4. The lowest BCUT2D eigenvalue weighted by atomic mass is 9.96. The van der Waals surface area contributed by atoms with E-state index in [4.69, 9.17) is 16.3 Å². The molecule has 0 bridgehead atoms. The minimum Gasteiger partial charge on any atom is -0.494 e. The van der Waals surface area contributed by atoms with Crippen molar-refractivity contribution >= 4 is 22.4 Å². The summed E-state index contributed by atoms with van der Waals surface area (Å²) in [4.78, 5) is 0. The van der Waals surface area contributed by atoms with Crippen molar-refractivity contribution in [3.63, 3.8) is 0 Å². The molecule has 31 heavy (non-hydrogen) atoms. The van der Waals surface area contributed by atoms with Gasteiger partial charge >= 0.3 is 0 Å². The molecule has 0 aliphatic heterocycles. The summed E-state index contributed by atoms with van der Waals surface area (Å²) in [6, 6.07) is 18.0. The summed E-state index contributed by atoms with van der Waals surface area (Å²) in [6.07, 6.45) is 1.22. The van der Waals surface area contributed by atoms with Gasteiger partial charge in [-0.25, -0.2) is 13.2 Å². The van der Waals surface area contributed by atoms with E-state index in [0.29, 0.717) is 46.4 Å². The molecule has 4 aromatic rings. The van der Waals surface area contributed by atoms with Crippen LogP contribution in [0.4, 0.5) is 13.2 Å². The monoisotopic (exact) mass is 440 g/mol. The molecule has 0 aliphatic rings. The molecule has 0 saturated heterocycles. The number of aryl methyl sites for hydroxylation is 2. The lowest BCUT2D eigenvalue weighted by molar-refractivity contribution is 0.336. The van der Waals surface area contributed by atoms with Crippen molar-refractivity contribution in [1.29, 1.82) is 0 Å². The molecule has 0 heterocycles. The van der Waals surface area contributed by atoms with Gasteiger partial charge in [0, 0.05) is 22.5 Å². The minimum absolute atomic E-state index is 0.137. The van der Waals surface area contributed by atoms with E-state index in [1.807, 2.05) is 24.3 Å². The van der Waals surface area contributed by atoms with Crippen LogP contribution < -0.4 is 4.74 Å². The second-order valence-corrected chi connectivity index (χ2v) is 7.73.